The molecule has 0 radical (unpaired) electrons. The van der Waals surface area contributed by atoms with E-state index in [1.165, 1.54) is 6.07 Å². The van der Waals surface area contributed by atoms with Crippen molar-refractivity contribution in [2.75, 3.05) is 0 Å². The fraction of sp³-hybridized carbons (Fsp3) is 0.357. The maximum Gasteiger partial charge on any atom is 0.246 e. The minimum absolute atomic E-state index is 0.0579. The number of unbranched alkanes of at least 4 members (excludes halogenated alkanes) is 1. The average Bonchev–Trinajstić information content (AvgIpc) is 2.92. The Bertz CT molecular complexity index is 583. The van der Waals surface area contributed by atoms with Crippen LogP contribution in [0.2, 0.25) is 0 Å². The van der Waals surface area contributed by atoms with Crippen molar-refractivity contribution >= 4 is 5.91 Å². The molecule has 0 aliphatic carbocycles. The lowest BCUT2D eigenvalue weighted by Crippen LogP contribution is -2.22. The molecule has 5 nitrogen and oxygen atoms in total. The van der Waals surface area contributed by atoms with E-state index in [-0.39, 0.29) is 29.7 Å². The molecule has 2 rings (SSSR count). The number of hydrogen-bond acceptors (Lipinski definition) is 4. The Kier molecular flexibility index (Phi) is 4.81. The summed E-state index contributed by atoms with van der Waals surface area (Å²) < 4.78 is 18.5. The Morgan fingerprint density at radius 2 is 2.20 bits per heavy atom. The molecule has 0 spiro atoms. The molecule has 1 aromatic heterocycles. The fourth-order valence-electron chi connectivity index (χ4n) is 1.68. The summed E-state index contributed by atoms with van der Waals surface area (Å²) in [5.41, 5.74) is 0.278. The van der Waals surface area contributed by atoms with Gasteiger partial charge >= 0.3 is 0 Å². The Morgan fingerprint density at radius 3 is 2.95 bits per heavy atom. The molecule has 1 aromatic carbocycles. The second-order valence-corrected chi connectivity index (χ2v) is 4.37. The zero-order valence-electron chi connectivity index (χ0n) is 11.2. The number of halogens is 1. The van der Waals surface area contributed by atoms with Crippen LogP contribution in [-0.2, 0) is 11.3 Å². The minimum Gasteiger partial charge on any atom is -0.347 e. The molecule has 6 heteroatoms. The van der Waals surface area contributed by atoms with Gasteiger partial charge in [0.1, 0.15) is 5.82 Å². The number of aromatic nitrogens is 2. The molecule has 2 aromatic rings. The topological polar surface area (TPSA) is 68.0 Å². The van der Waals surface area contributed by atoms with Crippen molar-refractivity contribution in [2.45, 2.75) is 32.7 Å². The van der Waals surface area contributed by atoms with E-state index in [1.807, 2.05) is 6.92 Å². The van der Waals surface area contributed by atoms with Crippen LogP contribution in [0.25, 0.3) is 11.4 Å². The summed E-state index contributed by atoms with van der Waals surface area (Å²) in [5.74, 6) is -0.0293. The van der Waals surface area contributed by atoms with Crippen LogP contribution in [0.15, 0.2) is 28.8 Å². The van der Waals surface area contributed by atoms with Crippen LogP contribution in [0.1, 0.15) is 32.1 Å². The average molecular weight is 277 g/mol. The number of hydrogen-bond donors (Lipinski definition) is 1. The van der Waals surface area contributed by atoms with Crippen molar-refractivity contribution in [2.24, 2.45) is 0 Å². The highest BCUT2D eigenvalue weighted by Gasteiger charge is 2.12. The molecule has 0 aliphatic rings. The standard InChI is InChI=1S/C14H16FN3O2/c1-2-3-8-12(19)16-9-13-17-14(18-20-13)10-6-4-5-7-11(10)15/h4-7H,2-3,8-9H2,1H3,(H,16,19). The van der Waals surface area contributed by atoms with E-state index in [1.54, 1.807) is 18.2 Å². The van der Waals surface area contributed by atoms with Gasteiger partial charge in [-0.25, -0.2) is 4.39 Å². The van der Waals surface area contributed by atoms with Gasteiger partial charge in [-0.05, 0) is 18.6 Å². The van der Waals surface area contributed by atoms with Crippen molar-refractivity contribution in [3.63, 3.8) is 0 Å². The smallest absolute Gasteiger partial charge is 0.246 e. The number of carbonyl (C=O) groups excluding carboxylic acids is 1. The Hall–Kier alpha value is -2.24. The van der Waals surface area contributed by atoms with Gasteiger partial charge in [-0.2, -0.15) is 4.98 Å². The SMILES string of the molecule is CCCCC(=O)NCc1nc(-c2ccccc2F)no1. The second-order valence-electron chi connectivity index (χ2n) is 4.37. The van der Waals surface area contributed by atoms with Crippen molar-refractivity contribution in [1.29, 1.82) is 0 Å². The van der Waals surface area contributed by atoms with Gasteiger partial charge in [0.15, 0.2) is 0 Å². The lowest BCUT2D eigenvalue weighted by atomic mass is 10.2. The summed E-state index contributed by atoms with van der Waals surface area (Å²) in [4.78, 5) is 15.5. The number of rotatable bonds is 6. The molecule has 0 atom stereocenters. The first kappa shape index (κ1) is 14.2. The largest absolute Gasteiger partial charge is 0.347 e. The van der Waals surface area contributed by atoms with Gasteiger partial charge in [0, 0.05) is 6.42 Å². The van der Waals surface area contributed by atoms with Crippen LogP contribution in [0.4, 0.5) is 4.39 Å². The first-order valence-electron chi connectivity index (χ1n) is 6.55. The molecule has 0 unspecified atom stereocenters. The molecule has 20 heavy (non-hydrogen) atoms. The van der Waals surface area contributed by atoms with Gasteiger partial charge in [-0.1, -0.05) is 30.6 Å². The number of benzene rings is 1. The van der Waals surface area contributed by atoms with Gasteiger partial charge in [0.2, 0.25) is 17.6 Å². The maximum absolute atomic E-state index is 13.5. The van der Waals surface area contributed by atoms with E-state index in [2.05, 4.69) is 15.5 Å². The first-order chi connectivity index (χ1) is 9.70. The second kappa shape index (κ2) is 6.79. The molecular formula is C14H16FN3O2. The quantitative estimate of drug-likeness (QED) is 0.881. The monoisotopic (exact) mass is 277 g/mol. The number of nitrogens with one attached hydrogen (secondary N) is 1. The summed E-state index contributed by atoms with van der Waals surface area (Å²) >= 11 is 0. The predicted molar refractivity (Wildman–Crippen MR) is 71.1 cm³/mol. The van der Waals surface area contributed by atoms with Crippen LogP contribution in [0, 0.1) is 5.82 Å². The van der Waals surface area contributed by atoms with Crippen LogP contribution in [0.5, 0.6) is 0 Å². The van der Waals surface area contributed by atoms with Crippen LogP contribution in [0.3, 0.4) is 0 Å². The highest BCUT2D eigenvalue weighted by Crippen LogP contribution is 2.18. The van der Waals surface area contributed by atoms with E-state index in [0.717, 1.165) is 12.8 Å². The van der Waals surface area contributed by atoms with E-state index in [9.17, 15) is 9.18 Å². The van der Waals surface area contributed by atoms with Crippen molar-refractivity contribution in [3.8, 4) is 11.4 Å². The summed E-state index contributed by atoms with van der Waals surface area (Å²) in [5, 5.41) is 6.39. The third-order valence-corrected chi connectivity index (χ3v) is 2.78. The molecule has 1 N–H and O–H groups in total. The van der Waals surface area contributed by atoms with Gasteiger partial charge in [-0.3, -0.25) is 4.79 Å². The highest BCUT2D eigenvalue weighted by molar-refractivity contribution is 5.75. The van der Waals surface area contributed by atoms with E-state index < -0.39 is 5.82 Å². The van der Waals surface area contributed by atoms with E-state index in [0.29, 0.717) is 6.42 Å². The van der Waals surface area contributed by atoms with Gasteiger partial charge in [-0.15, -0.1) is 0 Å². The minimum atomic E-state index is -0.410. The number of nitrogens with zero attached hydrogens (tertiary/aromatic N) is 2. The summed E-state index contributed by atoms with van der Waals surface area (Å²) in [6.45, 7) is 2.18. The fourth-order valence-corrected chi connectivity index (χ4v) is 1.68. The van der Waals surface area contributed by atoms with Gasteiger partial charge in [0.25, 0.3) is 0 Å². The third-order valence-electron chi connectivity index (χ3n) is 2.78. The molecule has 0 saturated heterocycles. The molecular weight excluding hydrogens is 261 g/mol. The molecule has 1 heterocycles. The third kappa shape index (κ3) is 3.63. The normalized spacial score (nSPS) is 10.5. The molecule has 0 bridgehead atoms. The highest BCUT2D eigenvalue weighted by atomic mass is 19.1. The van der Waals surface area contributed by atoms with Crippen molar-refractivity contribution in [1.82, 2.24) is 15.5 Å². The molecule has 0 saturated carbocycles. The predicted octanol–water partition coefficient (Wildman–Crippen LogP) is 2.68. The maximum atomic E-state index is 13.5. The zero-order valence-corrected chi connectivity index (χ0v) is 11.2. The molecule has 0 aliphatic heterocycles. The lowest BCUT2D eigenvalue weighted by Gasteiger charge is -2.00. The molecule has 106 valence electrons. The Labute approximate surface area is 116 Å². The first-order valence-corrected chi connectivity index (χ1v) is 6.55. The van der Waals surface area contributed by atoms with E-state index >= 15 is 0 Å². The number of amides is 1. The van der Waals surface area contributed by atoms with E-state index in [4.69, 9.17) is 4.52 Å². The molecule has 1 amide bonds. The van der Waals surface area contributed by atoms with Crippen molar-refractivity contribution in [3.05, 3.63) is 36.0 Å². The molecule has 0 fully saturated rings. The van der Waals surface area contributed by atoms with Crippen LogP contribution in [-0.4, -0.2) is 16.0 Å². The summed E-state index contributed by atoms with van der Waals surface area (Å²) in [6.07, 6.45) is 2.28. The van der Waals surface area contributed by atoms with Gasteiger partial charge in [0.05, 0.1) is 12.1 Å². The summed E-state index contributed by atoms with van der Waals surface area (Å²) in [7, 11) is 0. The van der Waals surface area contributed by atoms with Crippen molar-refractivity contribution < 1.29 is 13.7 Å². The summed E-state index contributed by atoms with van der Waals surface area (Å²) in [6, 6.07) is 6.19. The Morgan fingerprint density at radius 1 is 1.40 bits per heavy atom. The van der Waals surface area contributed by atoms with Crippen LogP contribution < -0.4 is 5.32 Å². The Balaban J connectivity index is 1.96. The number of carbonyl (C=O) groups is 1. The zero-order chi connectivity index (χ0) is 14.4. The lowest BCUT2D eigenvalue weighted by molar-refractivity contribution is -0.121. The van der Waals surface area contributed by atoms with Gasteiger partial charge < -0.3 is 9.84 Å². The van der Waals surface area contributed by atoms with Crippen LogP contribution >= 0.6 is 0 Å².